The maximum atomic E-state index is 13.7. The van der Waals surface area contributed by atoms with Crippen LogP contribution in [0.3, 0.4) is 0 Å². The maximum absolute atomic E-state index is 13.7. The van der Waals surface area contributed by atoms with Crippen molar-refractivity contribution >= 4 is 33.2 Å². The van der Waals surface area contributed by atoms with Crippen LogP contribution in [0.2, 0.25) is 0 Å². The number of halogens is 1. The highest BCUT2D eigenvalue weighted by molar-refractivity contribution is 7.92. The largest absolute Gasteiger partial charge is 0.357 e. The van der Waals surface area contributed by atoms with Gasteiger partial charge >= 0.3 is 0 Å². The number of nitrogens with zero attached hydrogens (tertiary/aromatic N) is 3. The molecule has 0 bridgehead atoms. The number of amides is 2. The molecule has 1 N–H and O–H groups in total. The number of nitro groups is 1. The number of carbonyl (C=O) groups is 2. The molecule has 10 nitrogen and oxygen atoms in total. The van der Waals surface area contributed by atoms with Gasteiger partial charge in [0.05, 0.1) is 15.5 Å². The van der Waals surface area contributed by atoms with E-state index in [0.717, 1.165) is 16.4 Å². The molecule has 0 saturated heterocycles. The van der Waals surface area contributed by atoms with Crippen LogP contribution in [-0.2, 0) is 26.2 Å². The number of non-ortho nitro benzene ring substituents is 1. The van der Waals surface area contributed by atoms with Gasteiger partial charge in [0.1, 0.15) is 18.4 Å². The summed E-state index contributed by atoms with van der Waals surface area (Å²) in [5.41, 5.74) is 0.318. The lowest BCUT2D eigenvalue weighted by molar-refractivity contribution is -0.384. The smallest absolute Gasteiger partial charge is 0.269 e. The van der Waals surface area contributed by atoms with Crippen LogP contribution < -0.4 is 9.62 Å². The molecule has 3 aromatic rings. The number of likely N-dealkylation sites (N-methyl/N-ethyl adjacent to an activating group) is 1. The minimum Gasteiger partial charge on any atom is -0.357 e. The molecule has 38 heavy (non-hydrogen) atoms. The first kappa shape index (κ1) is 28.3. The second kappa shape index (κ2) is 12.3. The van der Waals surface area contributed by atoms with Crippen LogP contribution >= 0.6 is 0 Å². The third-order valence-corrected chi connectivity index (χ3v) is 7.65. The summed E-state index contributed by atoms with van der Waals surface area (Å²) in [5, 5.41) is 13.6. The Morgan fingerprint density at radius 1 is 1.00 bits per heavy atom. The van der Waals surface area contributed by atoms with Gasteiger partial charge in [0.15, 0.2) is 0 Å². The molecule has 0 radical (unpaired) electrons. The van der Waals surface area contributed by atoms with Crippen LogP contribution in [0.1, 0.15) is 18.9 Å². The Hall–Kier alpha value is -4.32. The van der Waals surface area contributed by atoms with E-state index in [1.54, 1.807) is 13.0 Å². The van der Waals surface area contributed by atoms with Crippen molar-refractivity contribution in [3.05, 3.63) is 100 Å². The first-order valence-electron chi connectivity index (χ1n) is 11.7. The Bertz CT molecular complexity index is 1380. The monoisotopic (exact) mass is 542 g/mol. The highest BCUT2D eigenvalue weighted by Gasteiger charge is 2.33. The molecule has 200 valence electrons. The van der Waals surface area contributed by atoms with E-state index in [9.17, 15) is 32.5 Å². The molecule has 0 aromatic heterocycles. The topological polar surface area (TPSA) is 130 Å². The van der Waals surface area contributed by atoms with Crippen molar-refractivity contribution in [2.45, 2.75) is 30.8 Å². The summed E-state index contributed by atoms with van der Waals surface area (Å²) in [7, 11) is -2.86. The van der Waals surface area contributed by atoms with Gasteiger partial charge in [0.25, 0.3) is 15.7 Å². The van der Waals surface area contributed by atoms with Crippen molar-refractivity contribution in [1.82, 2.24) is 10.2 Å². The van der Waals surface area contributed by atoms with Gasteiger partial charge in [-0.2, -0.15) is 0 Å². The normalized spacial score (nSPS) is 11.9. The lowest BCUT2D eigenvalue weighted by Crippen LogP contribution is -2.51. The Balaban J connectivity index is 2.06. The fraction of sp³-hybridized carbons (Fsp3) is 0.231. The number of benzene rings is 3. The van der Waals surface area contributed by atoms with Crippen LogP contribution in [-0.4, -0.2) is 49.7 Å². The lowest BCUT2D eigenvalue weighted by atomic mass is 10.1. The first-order chi connectivity index (χ1) is 18.1. The molecule has 12 heteroatoms. The number of sulfonamides is 1. The molecule has 0 aliphatic rings. The van der Waals surface area contributed by atoms with Crippen molar-refractivity contribution in [2.75, 3.05) is 17.9 Å². The van der Waals surface area contributed by atoms with E-state index in [1.807, 2.05) is 0 Å². The fourth-order valence-electron chi connectivity index (χ4n) is 3.86. The van der Waals surface area contributed by atoms with E-state index in [4.69, 9.17) is 0 Å². The van der Waals surface area contributed by atoms with Crippen molar-refractivity contribution in [3.63, 3.8) is 0 Å². The molecule has 0 aliphatic heterocycles. The van der Waals surface area contributed by atoms with Gasteiger partial charge in [-0.3, -0.25) is 24.0 Å². The Kier molecular flexibility index (Phi) is 9.13. The minimum atomic E-state index is -4.29. The van der Waals surface area contributed by atoms with Crippen LogP contribution in [0.25, 0.3) is 0 Å². The van der Waals surface area contributed by atoms with Gasteiger partial charge in [-0.1, -0.05) is 37.3 Å². The summed E-state index contributed by atoms with van der Waals surface area (Å²) in [6.45, 7) is 0.938. The van der Waals surface area contributed by atoms with Crippen LogP contribution in [0, 0.1) is 15.9 Å². The Morgan fingerprint density at radius 3 is 2.13 bits per heavy atom. The Morgan fingerprint density at radius 2 is 1.61 bits per heavy atom. The lowest BCUT2D eigenvalue weighted by Gasteiger charge is -2.33. The second-order valence-corrected chi connectivity index (χ2v) is 10.1. The number of carbonyl (C=O) groups excluding carboxylic acids is 2. The van der Waals surface area contributed by atoms with E-state index in [-0.39, 0.29) is 29.2 Å². The predicted octanol–water partition coefficient (Wildman–Crippen LogP) is 3.48. The molecule has 1 unspecified atom stereocenters. The average molecular weight is 543 g/mol. The summed E-state index contributed by atoms with van der Waals surface area (Å²) in [4.78, 5) is 38.0. The van der Waals surface area contributed by atoms with Gasteiger partial charge in [-0.15, -0.1) is 0 Å². The highest BCUT2D eigenvalue weighted by Crippen LogP contribution is 2.26. The number of nitrogens with one attached hydrogen (secondary N) is 1. The minimum absolute atomic E-state index is 0.0301. The van der Waals surface area contributed by atoms with E-state index in [0.29, 0.717) is 5.56 Å². The van der Waals surface area contributed by atoms with Gasteiger partial charge in [-0.25, -0.2) is 12.8 Å². The third kappa shape index (κ3) is 6.51. The zero-order valence-corrected chi connectivity index (χ0v) is 21.6. The van der Waals surface area contributed by atoms with E-state index >= 15 is 0 Å². The molecule has 0 spiro atoms. The molecule has 0 fully saturated rings. The first-order valence-corrected chi connectivity index (χ1v) is 13.1. The molecule has 0 aliphatic carbocycles. The summed E-state index contributed by atoms with van der Waals surface area (Å²) in [6, 6.07) is 16.7. The van der Waals surface area contributed by atoms with Gasteiger partial charge in [-0.05, 0) is 48.4 Å². The zero-order chi connectivity index (χ0) is 27.9. The van der Waals surface area contributed by atoms with Crippen LogP contribution in [0.4, 0.5) is 15.8 Å². The molecule has 0 saturated carbocycles. The van der Waals surface area contributed by atoms with Crippen molar-refractivity contribution in [2.24, 2.45) is 0 Å². The molecule has 1 atom stereocenters. The van der Waals surface area contributed by atoms with Crippen molar-refractivity contribution in [1.29, 1.82) is 0 Å². The van der Waals surface area contributed by atoms with Crippen molar-refractivity contribution in [3.8, 4) is 0 Å². The summed E-state index contributed by atoms with van der Waals surface area (Å²) in [6.07, 6.45) is 0.232. The van der Waals surface area contributed by atoms with Crippen molar-refractivity contribution < 1.29 is 27.3 Å². The summed E-state index contributed by atoms with van der Waals surface area (Å²) >= 11 is 0. The molecule has 0 heterocycles. The third-order valence-electron chi connectivity index (χ3n) is 5.86. The Labute approximate surface area is 219 Å². The van der Waals surface area contributed by atoms with E-state index < -0.39 is 45.2 Å². The van der Waals surface area contributed by atoms with E-state index in [1.165, 1.54) is 72.6 Å². The molecular weight excluding hydrogens is 515 g/mol. The predicted molar refractivity (Wildman–Crippen MR) is 139 cm³/mol. The average Bonchev–Trinajstić information content (AvgIpc) is 2.92. The van der Waals surface area contributed by atoms with Crippen LogP contribution in [0.5, 0.6) is 0 Å². The quantitative estimate of drug-likeness (QED) is 0.292. The number of hydrogen-bond acceptors (Lipinski definition) is 6. The van der Waals surface area contributed by atoms with Gasteiger partial charge in [0, 0.05) is 25.7 Å². The standard InChI is InChI=1S/C26H27FN4O6S/c1-3-24(26(33)28-2)29(17-19-9-11-20(27)12-10-19)25(32)18-30(21-13-15-22(16-14-21)31(34)35)38(36,37)23-7-5-4-6-8-23/h4-16,24H,3,17-18H2,1-2H3,(H,28,33). The van der Waals surface area contributed by atoms with Crippen LogP contribution in [0.15, 0.2) is 83.8 Å². The molecule has 3 rings (SSSR count). The molecular formula is C26H27FN4O6S. The number of anilines is 1. The molecule has 2 amide bonds. The summed E-state index contributed by atoms with van der Waals surface area (Å²) < 4.78 is 41.6. The highest BCUT2D eigenvalue weighted by atomic mass is 32.2. The van der Waals surface area contributed by atoms with Gasteiger partial charge < -0.3 is 10.2 Å². The van der Waals surface area contributed by atoms with Gasteiger partial charge in [0.2, 0.25) is 11.8 Å². The molecule has 3 aromatic carbocycles. The number of rotatable bonds is 11. The maximum Gasteiger partial charge on any atom is 0.269 e. The number of hydrogen-bond donors (Lipinski definition) is 1. The number of nitro benzene ring substituents is 1. The zero-order valence-electron chi connectivity index (χ0n) is 20.8. The SMILES string of the molecule is CCC(C(=O)NC)N(Cc1ccc(F)cc1)C(=O)CN(c1ccc([N+](=O)[O-])cc1)S(=O)(=O)c1ccccc1. The fourth-order valence-corrected chi connectivity index (χ4v) is 5.30. The second-order valence-electron chi connectivity index (χ2n) is 8.28. The summed E-state index contributed by atoms with van der Waals surface area (Å²) in [5.74, 6) is -1.61. The van der Waals surface area contributed by atoms with E-state index in [2.05, 4.69) is 5.32 Å².